The predicted molar refractivity (Wildman–Crippen MR) is 100 cm³/mol. The lowest BCUT2D eigenvalue weighted by Crippen LogP contribution is -2.43. The number of alkyl halides is 3. The van der Waals surface area contributed by atoms with Gasteiger partial charge in [0.05, 0.1) is 16.0 Å². The molecule has 9 heteroatoms. The van der Waals surface area contributed by atoms with Gasteiger partial charge in [-0.2, -0.15) is 13.2 Å². The summed E-state index contributed by atoms with van der Waals surface area (Å²) >= 11 is 0. The van der Waals surface area contributed by atoms with E-state index >= 15 is 0 Å². The second kappa shape index (κ2) is 7.21. The smallest absolute Gasteiger partial charge is 0.368 e. The predicted octanol–water partition coefficient (Wildman–Crippen LogP) is 3.78. The van der Waals surface area contributed by atoms with Crippen LogP contribution in [0.4, 0.5) is 23.2 Å². The van der Waals surface area contributed by atoms with E-state index in [1.54, 1.807) is 12.1 Å². The van der Waals surface area contributed by atoms with Crippen molar-refractivity contribution in [2.24, 2.45) is 0 Å². The first-order valence-electron chi connectivity index (χ1n) is 8.71. The van der Waals surface area contributed by atoms with Gasteiger partial charge in [0.2, 0.25) is 0 Å². The van der Waals surface area contributed by atoms with Crippen molar-refractivity contribution in [2.45, 2.75) is 11.1 Å². The highest BCUT2D eigenvalue weighted by molar-refractivity contribution is 7.83. The molecule has 2 heterocycles. The second-order valence-corrected chi connectivity index (χ2v) is 7.79. The van der Waals surface area contributed by atoms with Gasteiger partial charge in [-0.05, 0) is 24.3 Å². The molecule has 0 amide bonds. The van der Waals surface area contributed by atoms with Gasteiger partial charge in [0, 0.05) is 43.4 Å². The Bertz CT molecular complexity index is 1040. The van der Waals surface area contributed by atoms with Crippen molar-refractivity contribution in [3.8, 4) is 0 Å². The monoisotopic (exact) mass is 411 g/mol. The lowest BCUT2D eigenvalue weighted by Gasteiger charge is -2.30. The molecule has 1 aliphatic rings. The third-order valence-electron chi connectivity index (χ3n) is 4.74. The van der Waals surface area contributed by atoms with E-state index in [9.17, 15) is 21.8 Å². The van der Waals surface area contributed by atoms with Crippen LogP contribution in [-0.4, -0.2) is 34.4 Å². The van der Waals surface area contributed by atoms with Crippen LogP contribution in [0, 0.1) is 5.82 Å². The molecule has 4 rings (SSSR count). The summed E-state index contributed by atoms with van der Waals surface area (Å²) in [4.78, 5) is 1.71. The van der Waals surface area contributed by atoms with Crippen LogP contribution in [0.3, 0.4) is 0 Å². The van der Waals surface area contributed by atoms with Crippen LogP contribution in [0.1, 0.15) is 5.56 Å². The highest BCUT2D eigenvalue weighted by atomic mass is 32.2. The quantitative estimate of drug-likeness (QED) is 0.667. The summed E-state index contributed by atoms with van der Waals surface area (Å²) in [5.41, 5.74) is -0.276. The van der Waals surface area contributed by atoms with E-state index in [1.165, 1.54) is 24.3 Å². The third kappa shape index (κ3) is 3.29. The average Bonchev–Trinajstić information content (AvgIpc) is 3.09. The zero-order valence-electron chi connectivity index (χ0n) is 14.7. The molecule has 1 atom stereocenters. The Morgan fingerprint density at radius 3 is 2.39 bits per heavy atom. The number of hydrogen-bond donors (Lipinski definition) is 1. The van der Waals surface area contributed by atoms with Gasteiger partial charge in [-0.1, -0.05) is 18.2 Å². The first-order valence-corrected chi connectivity index (χ1v) is 9.82. The number of nitrogens with one attached hydrogen (secondary N) is 1. The zero-order valence-corrected chi connectivity index (χ0v) is 15.5. The Morgan fingerprint density at radius 1 is 1.00 bits per heavy atom. The van der Waals surface area contributed by atoms with Gasteiger partial charge in [0.15, 0.2) is 11.0 Å². The minimum absolute atomic E-state index is 0.0124. The van der Waals surface area contributed by atoms with Crippen molar-refractivity contribution in [2.75, 3.05) is 31.1 Å². The fraction of sp³-hybridized carbons (Fsp3) is 0.263. The number of fused-ring (bicyclic) bond motifs is 1. The molecule has 1 aromatic heterocycles. The summed E-state index contributed by atoms with van der Waals surface area (Å²) in [6, 6.07) is 10.1. The Balaban J connectivity index is 1.94. The number of benzene rings is 2. The van der Waals surface area contributed by atoms with E-state index in [4.69, 9.17) is 0 Å². The highest BCUT2D eigenvalue weighted by Gasteiger charge is 2.37. The summed E-state index contributed by atoms with van der Waals surface area (Å²) < 4.78 is 69.5. The molecule has 0 radical (unpaired) electrons. The Morgan fingerprint density at radius 2 is 1.71 bits per heavy atom. The van der Waals surface area contributed by atoms with Crippen LogP contribution in [0.25, 0.3) is 10.9 Å². The van der Waals surface area contributed by atoms with E-state index < -0.39 is 28.5 Å². The number of anilines is 1. The molecule has 0 spiro atoms. The minimum Gasteiger partial charge on any atom is -0.368 e. The average molecular weight is 411 g/mol. The molecule has 0 saturated carbocycles. The van der Waals surface area contributed by atoms with Gasteiger partial charge >= 0.3 is 6.18 Å². The topological polar surface area (TPSA) is 37.3 Å². The minimum atomic E-state index is -4.63. The first kappa shape index (κ1) is 18.9. The van der Waals surface area contributed by atoms with Crippen LogP contribution >= 0.6 is 0 Å². The van der Waals surface area contributed by atoms with Gasteiger partial charge in [0.25, 0.3) is 0 Å². The number of nitrogens with zero attached hydrogens (tertiary/aromatic N) is 2. The van der Waals surface area contributed by atoms with Crippen LogP contribution < -0.4 is 10.2 Å². The summed E-state index contributed by atoms with van der Waals surface area (Å²) in [7, 11) is -2.15. The molecule has 1 fully saturated rings. The van der Waals surface area contributed by atoms with Gasteiger partial charge in [-0.15, -0.1) is 0 Å². The summed E-state index contributed by atoms with van der Waals surface area (Å²) in [5, 5.41) is 3.16. The van der Waals surface area contributed by atoms with Gasteiger partial charge in [-0.25, -0.2) is 8.60 Å². The molecule has 1 unspecified atom stereocenters. The molecule has 148 valence electrons. The fourth-order valence-electron chi connectivity index (χ4n) is 3.45. The maximum Gasteiger partial charge on any atom is 0.418 e. The van der Waals surface area contributed by atoms with Crippen molar-refractivity contribution in [1.29, 1.82) is 0 Å². The molecule has 1 N–H and O–H groups in total. The summed E-state index contributed by atoms with van der Waals surface area (Å²) in [6.45, 7) is 2.47. The number of hydrogen-bond acceptors (Lipinski definition) is 3. The molecule has 28 heavy (non-hydrogen) atoms. The van der Waals surface area contributed by atoms with E-state index in [-0.39, 0.29) is 15.8 Å². The summed E-state index contributed by atoms with van der Waals surface area (Å²) in [6.07, 6.45) is -3.81. The molecule has 0 aliphatic carbocycles. The van der Waals surface area contributed by atoms with Crippen molar-refractivity contribution in [3.63, 3.8) is 0 Å². The molecular weight excluding hydrogens is 394 g/mol. The fourth-order valence-corrected chi connectivity index (χ4v) is 4.63. The Hall–Kier alpha value is -2.39. The summed E-state index contributed by atoms with van der Waals surface area (Å²) in [5.74, 6) is -0.727. The van der Waals surface area contributed by atoms with Gasteiger partial charge < -0.3 is 10.2 Å². The molecule has 1 saturated heterocycles. The third-order valence-corrected chi connectivity index (χ3v) is 6.11. The lowest BCUT2D eigenvalue weighted by molar-refractivity contribution is -0.136. The standard InChI is InChI=1S/C19H17F4N3OS/c20-14-4-1-2-7-17(14)28(27)26-12-13(19(21,22)23)18-15(5-3-6-16(18)26)25-10-8-24-9-11-25/h1-7,12,24H,8-11H2. The number of halogens is 4. The van der Waals surface area contributed by atoms with Crippen LogP contribution in [0.15, 0.2) is 53.6 Å². The first-order chi connectivity index (χ1) is 13.4. The van der Waals surface area contributed by atoms with Crippen molar-refractivity contribution >= 4 is 27.6 Å². The maximum atomic E-state index is 14.1. The SMILES string of the molecule is O=S(c1ccccc1F)n1cc(C(F)(F)F)c2c(N3CCNCC3)cccc21. The molecular formula is C19H17F4N3OS. The van der Waals surface area contributed by atoms with E-state index in [0.29, 0.717) is 31.9 Å². The van der Waals surface area contributed by atoms with E-state index in [1.807, 2.05) is 4.90 Å². The van der Waals surface area contributed by atoms with Gasteiger partial charge in [-0.3, -0.25) is 3.97 Å². The molecule has 2 aromatic carbocycles. The van der Waals surface area contributed by atoms with Crippen molar-refractivity contribution in [1.82, 2.24) is 9.29 Å². The molecule has 1 aliphatic heterocycles. The second-order valence-electron chi connectivity index (χ2n) is 6.45. The van der Waals surface area contributed by atoms with Crippen LogP contribution in [-0.2, 0) is 17.2 Å². The van der Waals surface area contributed by atoms with E-state index in [0.717, 1.165) is 16.2 Å². The maximum absolute atomic E-state index is 14.1. The van der Waals surface area contributed by atoms with E-state index in [2.05, 4.69) is 5.32 Å². The number of rotatable bonds is 3. The molecule has 4 nitrogen and oxygen atoms in total. The molecule has 3 aromatic rings. The van der Waals surface area contributed by atoms with Crippen LogP contribution in [0.2, 0.25) is 0 Å². The Kier molecular flexibility index (Phi) is 4.88. The normalized spacial score (nSPS) is 16.5. The van der Waals surface area contributed by atoms with Crippen molar-refractivity contribution in [3.05, 3.63) is 60.0 Å². The number of aromatic nitrogens is 1. The molecule has 0 bridgehead atoms. The lowest BCUT2D eigenvalue weighted by atomic mass is 10.1. The Labute approximate surface area is 161 Å². The van der Waals surface area contributed by atoms with Crippen molar-refractivity contribution < 1.29 is 21.8 Å². The largest absolute Gasteiger partial charge is 0.418 e. The van der Waals surface area contributed by atoms with Crippen LogP contribution in [0.5, 0.6) is 0 Å². The van der Waals surface area contributed by atoms with Gasteiger partial charge in [0.1, 0.15) is 5.82 Å². The number of piperazine rings is 1. The zero-order chi connectivity index (χ0) is 19.9. The highest BCUT2D eigenvalue weighted by Crippen LogP contribution is 2.41.